The molecule has 0 heterocycles. The summed E-state index contributed by atoms with van der Waals surface area (Å²) < 4.78 is 0. The molecule has 2 nitrogen and oxygen atoms in total. The Morgan fingerprint density at radius 2 is 1.71 bits per heavy atom. The first-order valence-electron chi connectivity index (χ1n) is 6.54. The molecule has 17 heavy (non-hydrogen) atoms. The molecular weight excluding hydrogens is 208 g/mol. The molecule has 0 aromatic heterocycles. The molecule has 96 valence electrons. The topological polar surface area (TPSA) is 29.3 Å². The van der Waals surface area contributed by atoms with Crippen molar-refractivity contribution >= 4 is 5.69 Å². The van der Waals surface area contributed by atoms with Crippen molar-refractivity contribution in [2.45, 2.75) is 39.5 Å². The summed E-state index contributed by atoms with van der Waals surface area (Å²) in [6.07, 6.45) is 1.05. The van der Waals surface area contributed by atoms with Crippen LogP contribution in [0.3, 0.4) is 0 Å². The first-order chi connectivity index (χ1) is 7.99. The molecule has 0 fully saturated rings. The molecule has 0 atom stereocenters. The van der Waals surface area contributed by atoms with E-state index in [1.807, 2.05) is 0 Å². The van der Waals surface area contributed by atoms with E-state index < -0.39 is 0 Å². The van der Waals surface area contributed by atoms with Crippen LogP contribution in [0.5, 0.6) is 0 Å². The Bertz CT molecular complexity index is 322. The van der Waals surface area contributed by atoms with Crippen LogP contribution in [-0.4, -0.2) is 19.6 Å². The molecule has 0 spiro atoms. The minimum atomic E-state index is 0.229. The molecule has 0 bridgehead atoms. The molecule has 0 saturated heterocycles. The quantitative estimate of drug-likeness (QED) is 0.848. The molecule has 0 aliphatic heterocycles. The highest BCUT2D eigenvalue weighted by molar-refractivity contribution is 5.48. The van der Waals surface area contributed by atoms with Crippen LogP contribution in [0.4, 0.5) is 5.69 Å². The summed E-state index contributed by atoms with van der Waals surface area (Å²) in [5.41, 5.74) is 8.48. The number of hydrogen-bond donors (Lipinski definition) is 1. The molecule has 2 heteroatoms. The second-order valence-electron chi connectivity index (χ2n) is 5.52. The number of nitrogens with zero attached hydrogens (tertiary/aromatic N) is 1. The fraction of sp³-hybridized carbons (Fsp3) is 0.600. The predicted molar refractivity (Wildman–Crippen MR) is 76.7 cm³/mol. The fourth-order valence-corrected chi connectivity index (χ4v) is 1.92. The minimum absolute atomic E-state index is 0.229. The third kappa shape index (κ3) is 4.04. The van der Waals surface area contributed by atoms with E-state index in [-0.39, 0.29) is 5.41 Å². The Morgan fingerprint density at radius 3 is 2.12 bits per heavy atom. The largest absolute Gasteiger partial charge is 0.372 e. The van der Waals surface area contributed by atoms with E-state index >= 15 is 0 Å². The van der Waals surface area contributed by atoms with E-state index in [0.717, 1.165) is 26.1 Å². The number of benzene rings is 1. The highest BCUT2D eigenvalue weighted by atomic mass is 15.1. The van der Waals surface area contributed by atoms with Crippen molar-refractivity contribution < 1.29 is 0 Å². The van der Waals surface area contributed by atoms with Crippen LogP contribution in [0.1, 0.15) is 39.7 Å². The molecule has 1 rings (SSSR count). The van der Waals surface area contributed by atoms with Crippen LogP contribution in [0.15, 0.2) is 24.3 Å². The van der Waals surface area contributed by atoms with E-state index in [9.17, 15) is 0 Å². The maximum absolute atomic E-state index is 5.56. The number of anilines is 1. The number of hydrogen-bond acceptors (Lipinski definition) is 2. The van der Waals surface area contributed by atoms with Gasteiger partial charge in [-0.25, -0.2) is 0 Å². The Balaban J connectivity index is 2.78. The fourth-order valence-electron chi connectivity index (χ4n) is 1.92. The van der Waals surface area contributed by atoms with Gasteiger partial charge < -0.3 is 10.6 Å². The van der Waals surface area contributed by atoms with Crippen molar-refractivity contribution in [3.05, 3.63) is 29.8 Å². The maximum atomic E-state index is 5.56. The highest BCUT2D eigenvalue weighted by Crippen LogP contribution is 2.24. The van der Waals surface area contributed by atoms with Crippen LogP contribution >= 0.6 is 0 Å². The molecule has 0 radical (unpaired) electrons. The zero-order valence-electron chi connectivity index (χ0n) is 11.7. The van der Waals surface area contributed by atoms with Crippen LogP contribution in [-0.2, 0) is 5.41 Å². The lowest BCUT2D eigenvalue weighted by molar-refractivity contribution is 0.590. The Kier molecular flexibility index (Phi) is 5.01. The zero-order valence-corrected chi connectivity index (χ0v) is 11.7. The number of rotatable bonds is 5. The van der Waals surface area contributed by atoms with E-state index in [1.54, 1.807) is 0 Å². The molecule has 1 aromatic carbocycles. The lowest BCUT2D eigenvalue weighted by Crippen LogP contribution is -2.25. The van der Waals surface area contributed by atoms with E-state index in [0.29, 0.717) is 0 Å². The van der Waals surface area contributed by atoms with Crippen LogP contribution in [0, 0.1) is 0 Å². The van der Waals surface area contributed by atoms with Crippen LogP contribution < -0.4 is 10.6 Å². The molecule has 0 amide bonds. The molecule has 0 aliphatic carbocycles. The third-order valence-electron chi connectivity index (χ3n) is 3.11. The van der Waals surface area contributed by atoms with Crippen molar-refractivity contribution in [1.82, 2.24) is 0 Å². The van der Waals surface area contributed by atoms with Crippen LogP contribution in [0.2, 0.25) is 0 Å². The summed E-state index contributed by atoms with van der Waals surface area (Å²) in [5.74, 6) is 0. The van der Waals surface area contributed by atoms with E-state index in [4.69, 9.17) is 5.73 Å². The monoisotopic (exact) mass is 234 g/mol. The van der Waals surface area contributed by atoms with Gasteiger partial charge >= 0.3 is 0 Å². The molecule has 0 aliphatic rings. The predicted octanol–water partition coefficient (Wildman–Crippen LogP) is 3.16. The van der Waals surface area contributed by atoms with Gasteiger partial charge in [0.2, 0.25) is 0 Å². The van der Waals surface area contributed by atoms with Gasteiger partial charge in [0.05, 0.1) is 0 Å². The first-order valence-corrected chi connectivity index (χ1v) is 6.54. The lowest BCUT2D eigenvalue weighted by Gasteiger charge is -2.25. The molecule has 0 saturated carbocycles. The van der Waals surface area contributed by atoms with Gasteiger partial charge in [-0.05, 0) is 43.0 Å². The smallest absolute Gasteiger partial charge is 0.0366 e. The normalized spacial score (nSPS) is 11.6. The Hall–Kier alpha value is -1.02. The van der Waals surface area contributed by atoms with Crippen molar-refractivity contribution in [3.63, 3.8) is 0 Å². The standard InChI is InChI=1S/C15H26N2/c1-5-17(12-6-11-16)14-9-7-13(8-10-14)15(2,3)4/h7-10H,5-6,11-12,16H2,1-4H3. The van der Waals surface area contributed by atoms with Crippen molar-refractivity contribution in [2.24, 2.45) is 5.73 Å². The summed E-state index contributed by atoms with van der Waals surface area (Å²) in [4.78, 5) is 2.37. The summed E-state index contributed by atoms with van der Waals surface area (Å²) in [7, 11) is 0. The van der Waals surface area contributed by atoms with Gasteiger partial charge in [-0.2, -0.15) is 0 Å². The molecule has 1 aromatic rings. The molecule has 2 N–H and O–H groups in total. The van der Waals surface area contributed by atoms with Gasteiger partial charge in [0.15, 0.2) is 0 Å². The van der Waals surface area contributed by atoms with Gasteiger partial charge in [0.25, 0.3) is 0 Å². The average molecular weight is 234 g/mol. The molecular formula is C15H26N2. The minimum Gasteiger partial charge on any atom is -0.372 e. The summed E-state index contributed by atoms with van der Waals surface area (Å²) >= 11 is 0. The van der Waals surface area contributed by atoms with E-state index in [1.165, 1.54) is 11.3 Å². The van der Waals surface area contributed by atoms with Crippen molar-refractivity contribution in [2.75, 3.05) is 24.5 Å². The maximum Gasteiger partial charge on any atom is 0.0366 e. The second-order valence-corrected chi connectivity index (χ2v) is 5.52. The average Bonchev–Trinajstić information content (AvgIpc) is 2.29. The van der Waals surface area contributed by atoms with Gasteiger partial charge in [-0.3, -0.25) is 0 Å². The zero-order chi connectivity index (χ0) is 12.9. The van der Waals surface area contributed by atoms with Gasteiger partial charge in [0.1, 0.15) is 0 Å². The van der Waals surface area contributed by atoms with Gasteiger partial charge in [0, 0.05) is 18.8 Å². The summed E-state index contributed by atoms with van der Waals surface area (Å²) in [6.45, 7) is 11.8. The summed E-state index contributed by atoms with van der Waals surface area (Å²) in [6, 6.07) is 8.92. The molecule has 0 unspecified atom stereocenters. The van der Waals surface area contributed by atoms with Gasteiger partial charge in [-0.1, -0.05) is 32.9 Å². The second kappa shape index (κ2) is 6.06. The SMILES string of the molecule is CCN(CCCN)c1ccc(C(C)(C)C)cc1. The van der Waals surface area contributed by atoms with Crippen LogP contribution in [0.25, 0.3) is 0 Å². The lowest BCUT2D eigenvalue weighted by atomic mass is 9.87. The van der Waals surface area contributed by atoms with E-state index in [2.05, 4.69) is 56.9 Å². The first kappa shape index (κ1) is 14.0. The summed E-state index contributed by atoms with van der Waals surface area (Å²) in [5, 5.41) is 0. The van der Waals surface area contributed by atoms with Crippen molar-refractivity contribution in [3.8, 4) is 0 Å². The van der Waals surface area contributed by atoms with Gasteiger partial charge in [-0.15, -0.1) is 0 Å². The Labute approximate surface area is 106 Å². The third-order valence-corrected chi connectivity index (χ3v) is 3.11. The highest BCUT2D eigenvalue weighted by Gasteiger charge is 2.13. The number of nitrogens with two attached hydrogens (primary N) is 1. The van der Waals surface area contributed by atoms with Crippen molar-refractivity contribution in [1.29, 1.82) is 0 Å². The Morgan fingerprint density at radius 1 is 1.12 bits per heavy atom.